The minimum absolute atomic E-state index is 0.0635. The van der Waals surface area contributed by atoms with Gasteiger partial charge in [0.05, 0.1) is 11.4 Å². The molecule has 3 amide bonds. The number of hydrogen-bond donors (Lipinski definition) is 2. The Morgan fingerprint density at radius 3 is 2.48 bits per heavy atom. The summed E-state index contributed by atoms with van der Waals surface area (Å²) in [6, 6.07) is 23.8. The maximum Gasteiger partial charge on any atom is 0.259 e. The highest BCUT2D eigenvalue weighted by Gasteiger charge is 2.29. The van der Waals surface area contributed by atoms with E-state index in [-0.39, 0.29) is 24.3 Å². The van der Waals surface area contributed by atoms with Gasteiger partial charge in [-0.25, -0.2) is 0 Å². The molecule has 0 aromatic heterocycles. The molecule has 3 aromatic carbocycles. The zero-order valence-electron chi connectivity index (χ0n) is 17.0. The normalized spacial score (nSPS) is 13.3. The second-order valence-corrected chi connectivity index (χ2v) is 7.19. The molecule has 1 aliphatic rings. The summed E-state index contributed by atoms with van der Waals surface area (Å²) in [6.45, 7) is 1.38. The molecule has 0 radical (unpaired) electrons. The van der Waals surface area contributed by atoms with Gasteiger partial charge in [0.25, 0.3) is 5.91 Å². The molecule has 0 unspecified atom stereocenters. The van der Waals surface area contributed by atoms with Crippen molar-refractivity contribution in [3.05, 3.63) is 90.0 Å². The van der Waals surface area contributed by atoms with Gasteiger partial charge in [0.1, 0.15) is 6.54 Å². The van der Waals surface area contributed by atoms with Crippen molar-refractivity contribution in [1.82, 2.24) is 0 Å². The summed E-state index contributed by atoms with van der Waals surface area (Å²) in [6.07, 6.45) is 1.78. The zero-order chi connectivity index (χ0) is 21.8. The first-order valence-corrected chi connectivity index (χ1v) is 9.87. The number of rotatable bonds is 4. The van der Waals surface area contributed by atoms with Crippen LogP contribution in [0.5, 0.6) is 0 Å². The minimum Gasteiger partial charge on any atom is -0.326 e. The van der Waals surface area contributed by atoms with Crippen molar-refractivity contribution in [2.45, 2.75) is 6.92 Å². The van der Waals surface area contributed by atoms with Gasteiger partial charge in [-0.1, -0.05) is 54.6 Å². The summed E-state index contributed by atoms with van der Waals surface area (Å²) < 4.78 is 0. The Hall–Kier alpha value is -4.19. The van der Waals surface area contributed by atoms with Gasteiger partial charge in [-0.15, -0.1) is 0 Å². The van der Waals surface area contributed by atoms with Crippen molar-refractivity contribution >= 4 is 46.4 Å². The minimum atomic E-state index is -0.279. The fraction of sp³-hybridized carbons (Fsp3) is 0.0800. The molecule has 0 spiro atoms. The lowest BCUT2D eigenvalue weighted by atomic mass is 10.00. The predicted octanol–water partition coefficient (Wildman–Crippen LogP) is 4.17. The monoisotopic (exact) mass is 411 g/mol. The number of fused-ring (bicyclic) bond motifs is 1. The van der Waals surface area contributed by atoms with Gasteiger partial charge in [-0.3, -0.25) is 19.3 Å². The maximum absolute atomic E-state index is 13.7. The van der Waals surface area contributed by atoms with Crippen LogP contribution in [0.15, 0.2) is 78.9 Å². The van der Waals surface area contributed by atoms with Gasteiger partial charge in [-0.05, 0) is 41.5 Å². The molecule has 0 saturated heterocycles. The highest BCUT2D eigenvalue weighted by molar-refractivity contribution is 6.32. The Morgan fingerprint density at radius 2 is 1.71 bits per heavy atom. The molecule has 154 valence electrons. The topological polar surface area (TPSA) is 78.5 Å². The molecule has 1 aliphatic heterocycles. The number of benzene rings is 3. The van der Waals surface area contributed by atoms with Gasteiger partial charge in [0, 0.05) is 18.2 Å². The summed E-state index contributed by atoms with van der Waals surface area (Å²) in [7, 11) is 0. The molecule has 6 heteroatoms. The number of nitrogens with zero attached hydrogens (tertiary/aromatic N) is 1. The Morgan fingerprint density at radius 1 is 0.968 bits per heavy atom. The quantitative estimate of drug-likeness (QED) is 0.500. The summed E-state index contributed by atoms with van der Waals surface area (Å²) in [4.78, 5) is 38.8. The van der Waals surface area contributed by atoms with Crippen LogP contribution in [0.2, 0.25) is 0 Å². The molecular weight excluding hydrogens is 390 g/mol. The zero-order valence-corrected chi connectivity index (χ0v) is 17.0. The van der Waals surface area contributed by atoms with Crippen LogP contribution in [0.4, 0.5) is 17.1 Å². The third kappa shape index (κ3) is 4.53. The predicted molar refractivity (Wildman–Crippen MR) is 122 cm³/mol. The average Bonchev–Trinajstić information content (AvgIpc) is 2.77. The number of para-hydroxylation sites is 2. The number of amides is 3. The lowest BCUT2D eigenvalue weighted by Gasteiger charge is -2.30. The van der Waals surface area contributed by atoms with Crippen molar-refractivity contribution in [2.24, 2.45) is 0 Å². The molecular formula is C25H21N3O3. The van der Waals surface area contributed by atoms with Crippen LogP contribution >= 0.6 is 0 Å². The van der Waals surface area contributed by atoms with Crippen molar-refractivity contribution in [3.63, 3.8) is 0 Å². The van der Waals surface area contributed by atoms with E-state index in [9.17, 15) is 14.4 Å². The third-order valence-corrected chi connectivity index (χ3v) is 4.85. The lowest BCUT2D eigenvalue weighted by Crippen LogP contribution is -2.42. The number of nitrogens with one attached hydrogen (secondary N) is 2. The Kier molecular flexibility index (Phi) is 5.62. The summed E-state index contributed by atoms with van der Waals surface area (Å²) in [5.74, 6) is -0.693. The molecule has 0 atom stereocenters. The summed E-state index contributed by atoms with van der Waals surface area (Å²) >= 11 is 0. The van der Waals surface area contributed by atoms with Crippen LogP contribution < -0.4 is 15.5 Å². The smallest absolute Gasteiger partial charge is 0.259 e. The number of carbonyl (C=O) groups is 3. The SMILES string of the molecule is CC(=O)Nc1cccc(/C=C(/C(=O)N2CC(=O)Nc3ccccc32)c2ccccc2)c1. The molecule has 4 rings (SSSR count). The first-order chi connectivity index (χ1) is 15.0. The van der Waals surface area contributed by atoms with Gasteiger partial charge < -0.3 is 10.6 Å². The van der Waals surface area contributed by atoms with E-state index in [0.29, 0.717) is 22.6 Å². The first kappa shape index (κ1) is 20.1. The van der Waals surface area contributed by atoms with Crippen molar-refractivity contribution < 1.29 is 14.4 Å². The van der Waals surface area contributed by atoms with E-state index in [1.165, 1.54) is 11.8 Å². The number of carbonyl (C=O) groups excluding carboxylic acids is 3. The Balaban J connectivity index is 1.78. The molecule has 2 N–H and O–H groups in total. The van der Waals surface area contributed by atoms with Gasteiger partial charge in [-0.2, -0.15) is 0 Å². The molecule has 0 saturated carbocycles. The second kappa shape index (κ2) is 8.67. The molecule has 0 bridgehead atoms. The fourth-order valence-electron chi connectivity index (χ4n) is 3.52. The standard InChI is InChI=1S/C25H21N3O3/c1-17(29)26-20-11-7-8-18(14-20)15-21(19-9-3-2-4-10-19)25(31)28-16-24(30)27-22-12-5-6-13-23(22)28/h2-15H,16H2,1H3,(H,26,29)(H,27,30)/b21-15+. The maximum atomic E-state index is 13.7. The summed E-state index contributed by atoms with van der Waals surface area (Å²) in [5.41, 5.74) is 3.84. The largest absolute Gasteiger partial charge is 0.326 e. The van der Waals surface area contributed by atoms with Crippen LogP contribution in [-0.4, -0.2) is 24.3 Å². The van der Waals surface area contributed by atoms with Crippen LogP contribution in [0.1, 0.15) is 18.1 Å². The molecule has 6 nitrogen and oxygen atoms in total. The first-order valence-electron chi connectivity index (χ1n) is 9.87. The van der Waals surface area contributed by atoms with E-state index in [0.717, 1.165) is 11.1 Å². The van der Waals surface area contributed by atoms with E-state index in [1.807, 2.05) is 60.7 Å². The molecule has 1 heterocycles. The van der Waals surface area contributed by atoms with Gasteiger partial charge in [0.15, 0.2) is 0 Å². The van der Waals surface area contributed by atoms with Crippen molar-refractivity contribution in [3.8, 4) is 0 Å². The second-order valence-electron chi connectivity index (χ2n) is 7.19. The Labute approximate surface area is 180 Å². The van der Waals surface area contributed by atoms with E-state index in [4.69, 9.17) is 0 Å². The number of hydrogen-bond acceptors (Lipinski definition) is 3. The van der Waals surface area contributed by atoms with Crippen LogP contribution in [0.25, 0.3) is 11.6 Å². The Bertz CT molecular complexity index is 1190. The summed E-state index contributed by atoms with van der Waals surface area (Å²) in [5, 5.41) is 5.56. The average molecular weight is 411 g/mol. The third-order valence-electron chi connectivity index (χ3n) is 4.85. The van der Waals surface area contributed by atoms with Gasteiger partial charge in [0.2, 0.25) is 11.8 Å². The molecule has 3 aromatic rings. The highest BCUT2D eigenvalue weighted by Crippen LogP contribution is 2.32. The number of anilines is 3. The molecule has 0 fully saturated rings. The van der Waals surface area contributed by atoms with Crippen molar-refractivity contribution in [1.29, 1.82) is 0 Å². The van der Waals surface area contributed by atoms with Crippen LogP contribution in [0, 0.1) is 0 Å². The highest BCUT2D eigenvalue weighted by atomic mass is 16.2. The van der Waals surface area contributed by atoms with Crippen molar-refractivity contribution in [2.75, 3.05) is 22.1 Å². The molecule has 31 heavy (non-hydrogen) atoms. The van der Waals surface area contributed by atoms with Crippen LogP contribution in [0.3, 0.4) is 0 Å². The molecule has 0 aliphatic carbocycles. The van der Waals surface area contributed by atoms with Gasteiger partial charge >= 0.3 is 0 Å². The van der Waals surface area contributed by atoms with E-state index < -0.39 is 0 Å². The van der Waals surface area contributed by atoms with Crippen LogP contribution in [-0.2, 0) is 14.4 Å². The lowest BCUT2D eigenvalue weighted by molar-refractivity contribution is -0.118. The van der Waals surface area contributed by atoms with E-state index >= 15 is 0 Å². The fourth-order valence-corrected chi connectivity index (χ4v) is 3.52. The van der Waals surface area contributed by atoms with E-state index in [2.05, 4.69) is 10.6 Å². The van der Waals surface area contributed by atoms with E-state index in [1.54, 1.807) is 24.3 Å².